The molecule has 150 valence electrons. The van der Waals surface area contributed by atoms with Crippen LogP contribution in [0.3, 0.4) is 0 Å². The van der Waals surface area contributed by atoms with Crippen LogP contribution in [0.1, 0.15) is 18.7 Å². The van der Waals surface area contributed by atoms with E-state index in [-0.39, 0.29) is 5.90 Å². The van der Waals surface area contributed by atoms with E-state index in [0.717, 1.165) is 30.6 Å². The smallest absolute Gasteiger partial charge is 0.205 e. The van der Waals surface area contributed by atoms with Crippen LogP contribution in [0.5, 0.6) is 0 Å². The predicted octanol–water partition coefficient (Wildman–Crippen LogP) is 5.09. The number of hydrogen-bond donors (Lipinski definition) is 2. The van der Waals surface area contributed by atoms with Crippen molar-refractivity contribution in [3.8, 4) is 22.4 Å². The van der Waals surface area contributed by atoms with Crippen molar-refractivity contribution < 1.29 is 4.74 Å². The first-order chi connectivity index (χ1) is 14.1. The summed E-state index contributed by atoms with van der Waals surface area (Å²) in [5, 5.41) is 7.89. The number of H-pyrrole nitrogens is 1. The van der Waals surface area contributed by atoms with E-state index in [0.29, 0.717) is 12.4 Å². The van der Waals surface area contributed by atoms with Crippen LogP contribution < -0.4 is 0 Å². The molecule has 2 aromatic carbocycles. The molecule has 1 aromatic heterocycles. The fourth-order valence-corrected chi connectivity index (χ4v) is 2.98. The van der Waals surface area contributed by atoms with Gasteiger partial charge in [-0.25, -0.2) is 4.98 Å². The fourth-order valence-electron chi connectivity index (χ4n) is 2.98. The Morgan fingerprint density at radius 1 is 1.03 bits per heavy atom. The number of benzene rings is 2. The molecule has 0 radical (unpaired) electrons. The molecule has 3 rings (SSSR count). The molecule has 0 saturated heterocycles. The molecule has 0 aliphatic rings. The Bertz CT molecular complexity index is 944. The van der Waals surface area contributed by atoms with Crippen molar-refractivity contribution in [2.45, 2.75) is 12.8 Å². The molecule has 0 spiro atoms. The second-order valence-electron chi connectivity index (χ2n) is 7.19. The summed E-state index contributed by atoms with van der Waals surface area (Å²) in [6.45, 7) is 1.60. The normalized spacial score (nSPS) is 11.3. The zero-order valence-corrected chi connectivity index (χ0v) is 17.1. The van der Waals surface area contributed by atoms with Crippen molar-refractivity contribution in [3.05, 3.63) is 72.7 Å². The largest absolute Gasteiger partial charge is 0.478 e. The first-order valence-corrected chi connectivity index (χ1v) is 9.87. The van der Waals surface area contributed by atoms with Crippen LogP contribution in [0, 0.1) is 5.41 Å². The first kappa shape index (κ1) is 20.6. The molecule has 0 aliphatic carbocycles. The number of ether oxygens (including phenoxy) is 1. The van der Waals surface area contributed by atoms with Crippen molar-refractivity contribution in [1.82, 2.24) is 14.9 Å². The van der Waals surface area contributed by atoms with Crippen LogP contribution in [0.25, 0.3) is 28.5 Å². The van der Waals surface area contributed by atoms with Gasteiger partial charge < -0.3 is 14.6 Å². The van der Waals surface area contributed by atoms with E-state index >= 15 is 0 Å². The molecular weight excluding hydrogens is 360 g/mol. The third kappa shape index (κ3) is 6.43. The average molecular weight is 389 g/mol. The van der Waals surface area contributed by atoms with E-state index in [4.69, 9.17) is 10.1 Å². The molecule has 29 heavy (non-hydrogen) atoms. The molecule has 0 fully saturated rings. The summed E-state index contributed by atoms with van der Waals surface area (Å²) in [6.07, 6.45) is 7.22. The molecule has 0 unspecified atom stereocenters. The standard InChI is InChI=1S/C24H28N4O/c1-28(2)15-6-7-16-29-23(25)13-14-24-26-18-22(27-24)21-12-8-11-20(17-21)19-9-4-3-5-10-19/h3-5,8-14,17-18,25H,6-7,15-16H2,1-2H3,(H,26,27)/b14-13-,25-23?. The predicted molar refractivity (Wildman–Crippen MR) is 120 cm³/mol. The Hall–Kier alpha value is -3.18. The summed E-state index contributed by atoms with van der Waals surface area (Å²) in [4.78, 5) is 9.84. The Kier molecular flexibility index (Phi) is 7.36. The Morgan fingerprint density at radius 3 is 2.59 bits per heavy atom. The maximum absolute atomic E-state index is 7.89. The molecule has 0 atom stereocenters. The fraction of sp³-hybridized carbons (Fsp3) is 0.250. The lowest BCUT2D eigenvalue weighted by Gasteiger charge is -2.09. The third-order valence-electron chi connectivity index (χ3n) is 4.53. The lowest BCUT2D eigenvalue weighted by Crippen LogP contribution is -2.13. The van der Waals surface area contributed by atoms with Crippen molar-refractivity contribution in [2.24, 2.45) is 0 Å². The van der Waals surface area contributed by atoms with Crippen LogP contribution in [0.4, 0.5) is 0 Å². The van der Waals surface area contributed by atoms with Crippen molar-refractivity contribution in [2.75, 3.05) is 27.2 Å². The zero-order valence-electron chi connectivity index (χ0n) is 17.1. The van der Waals surface area contributed by atoms with Crippen LogP contribution >= 0.6 is 0 Å². The number of aromatic amines is 1. The number of imidazole rings is 1. The van der Waals surface area contributed by atoms with Gasteiger partial charge in [-0.1, -0.05) is 48.5 Å². The molecule has 5 nitrogen and oxygen atoms in total. The van der Waals surface area contributed by atoms with Gasteiger partial charge in [0.15, 0.2) is 0 Å². The van der Waals surface area contributed by atoms with Gasteiger partial charge in [0, 0.05) is 11.6 Å². The second-order valence-corrected chi connectivity index (χ2v) is 7.19. The summed E-state index contributed by atoms with van der Waals surface area (Å²) in [5.41, 5.74) is 4.37. The highest BCUT2D eigenvalue weighted by atomic mass is 16.5. The molecule has 3 aromatic rings. The van der Waals surface area contributed by atoms with Gasteiger partial charge in [-0.15, -0.1) is 0 Å². The number of nitrogens with zero attached hydrogens (tertiary/aromatic N) is 2. The highest BCUT2D eigenvalue weighted by Gasteiger charge is 2.04. The van der Waals surface area contributed by atoms with E-state index in [1.165, 1.54) is 11.1 Å². The maximum atomic E-state index is 7.89. The molecule has 0 bridgehead atoms. The maximum Gasteiger partial charge on any atom is 0.205 e. The van der Waals surface area contributed by atoms with Gasteiger partial charge in [0.2, 0.25) is 5.90 Å². The van der Waals surface area contributed by atoms with Crippen molar-refractivity contribution in [1.29, 1.82) is 5.41 Å². The Labute approximate surface area is 172 Å². The lowest BCUT2D eigenvalue weighted by atomic mass is 10.0. The minimum absolute atomic E-state index is 0.152. The van der Waals surface area contributed by atoms with E-state index in [2.05, 4.69) is 59.3 Å². The monoisotopic (exact) mass is 388 g/mol. The molecule has 0 aliphatic heterocycles. The van der Waals surface area contributed by atoms with Gasteiger partial charge in [-0.05, 0) is 56.8 Å². The molecular formula is C24H28N4O. The first-order valence-electron chi connectivity index (χ1n) is 9.87. The van der Waals surface area contributed by atoms with Gasteiger partial charge in [0.1, 0.15) is 5.82 Å². The number of rotatable bonds is 9. The van der Waals surface area contributed by atoms with Crippen LogP contribution in [-0.4, -0.2) is 48.0 Å². The highest BCUT2D eigenvalue weighted by Crippen LogP contribution is 2.25. The number of hydrogen-bond acceptors (Lipinski definition) is 4. The zero-order chi connectivity index (χ0) is 20.5. The quantitative estimate of drug-likeness (QED) is 0.305. The van der Waals surface area contributed by atoms with Gasteiger partial charge in [0.25, 0.3) is 0 Å². The van der Waals surface area contributed by atoms with Crippen LogP contribution in [0.2, 0.25) is 0 Å². The van der Waals surface area contributed by atoms with E-state index in [9.17, 15) is 0 Å². The topological polar surface area (TPSA) is 65.0 Å². The minimum Gasteiger partial charge on any atom is -0.478 e. The number of unbranched alkanes of at least 4 members (excludes halogenated alkanes) is 1. The van der Waals surface area contributed by atoms with Crippen LogP contribution in [-0.2, 0) is 4.74 Å². The third-order valence-corrected chi connectivity index (χ3v) is 4.53. The van der Waals surface area contributed by atoms with Crippen molar-refractivity contribution in [3.63, 3.8) is 0 Å². The van der Waals surface area contributed by atoms with Gasteiger partial charge >= 0.3 is 0 Å². The van der Waals surface area contributed by atoms with E-state index < -0.39 is 0 Å². The molecule has 1 heterocycles. The van der Waals surface area contributed by atoms with Crippen LogP contribution in [0.15, 0.2) is 66.9 Å². The molecule has 0 saturated carbocycles. The second kappa shape index (κ2) is 10.4. The minimum atomic E-state index is 0.152. The number of aromatic nitrogens is 2. The number of nitrogens with one attached hydrogen (secondary N) is 2. The molecule has 0 amide bonds. The SMILES string of the molecule is CN(C)CCCCOC(=N)/C=C\c1ncc(-c2cccc(-c3ccccc3)c2)[nH]1. The summed E-state index contributed by atoms with van der Waals surface area (Å²) < 4.78 is 5.44. The Morgan fingerprint density at radius 2 is 1.79 bits per heavy atom. The van der Waals surface area contributed by atoms with E-state index in [1.54, 1.807) is 12.2 Å². The van der Waals surface area contributed by atoms with E-state index in [1.807, 2.05) is 30.5 Å². The summed E-state index contributed by atoms with van der Waals surface area (Å²) in [7, 11) is 4.11. The highest BCUT2D eigenvalue weighted by molar-refractivity contribution is 5.88. The lowest BCUT2D eigenvalue weighted by molar-refractivity contribution is 0.282. The van der Waals surface area contributed by atoms with Gasteiger partial charge in [-0.2, -0.15) is 0 Å². The average Bonchev–Trinajstić information content (AvgIpc) is 3.22. The van der Waals surface area contributed by atoms with Gasteiger partial charge in [-0.3, -0.25) is 5.41 Å². The summed E-state index contributed by atoms with van der Waals surface area (Å²) in [6, 6.07) is 18.7. The molecule has 5 heteroatoms. The van der Waals surface area contributed by atoms with Gasteiger partial charge in [0.05, 0.1) is 18.5 Å². The molecule has 2 N–H and O–H groups in total. The van der Waals surface area contributed by atoms with Crippen molar-refractivity contribution >= 4 is 12.0 Å². The Balaban J connectivity index is 1.57. The summed E-state index contributed by atoms with van der Waals surface area (Å²) in [5.74, 6) is 0.852. The summed E-state index contributed by atoms with van der Waals surface area (Å²) >= 11 is 0.